The quantitative estimate of drug-likeness (QED) is 0.593. The highest BCUT2D eigenvalue weighted by atomic mass is 19.4. The lowest BCUT2D eigenvalue weighted by Gasteiger charge is -2.37. The number of carboxylic acid groups (broad SMARTS) is 1. The topological polar surface area (TPSA) is 61.8 Å². The van der Waals surface area contributed by atoms with Crippen molar-refractivity contribution >= 4 is 11.7 Å². The van der Waals surface area contributed by atoms with E-state index in [1.54, 1.807) is 6.92 Å². The molecule has 2 aliphatic heterocycles. The van der Waals surface area contributed by atoms with Crippen molar-refractivity contribution in [3.8, 4) is 5.75 Å². The summed E-state index contributed by atoms with van der Waals surface area (Å²) in [6, 6.07) is 11.4. The Bertz CT molecular complexity index is 1110. The Morgan fingerprint density at radius 1 is 1.18 bits per heavy atom. The lowest BCUT2D eigenvalue weighted by atomic mass is 9.93. The Morgan fingerprint density at radius 2 is 1.94 bits per heavy atom. The van der Waals surface area contributed by atoms with Gasteiger partial charge in [0.25, 0.3) is 0 Å². The van der Waals surface area contributed by atoms with E-state index in [9.17, 15) is 18.0 Å². The van der Waals surface area contributed by atoms with E-state index in [1.807, 2.05) is 30.3 Å². The predicted octanol–water partition coefficient (Wildman–Crippen LogP) is 5.01. The van der Waals surface area contributed by atoms with E-state index in [0.717, 1.165) is 48.5 Å². The first-order chi connectivity index (χ1) is 16.2. The number of nitrogens with zero attached hydrogens (tertiary/aromatic N) is 1. The second kappa shape index (κ2) is 9.93. The van der Waals surface area contributed by atoms with Crippen molar-refractivity contribution in [3.05, 3.63) is 82.4 Å². The van der Waals surface area contributed by atoms with Crippen LogP contribution in [-0.4, -0.2) is 41.7 Å². The molecule has 0 bridgehead atoms. The van der Waals surface area contributed by atoms with Gasteiger partial charge in [0, 0.05) is 25.3 Å². The van der Waals surface area contributed by atoms with Crippen LogP contribution >= 0.6 is 0 Å². The van der Waals surface area contributed by atoms with Gasteiger partial charge >= 0.3 is 12.1 Å². The van der Waals surface area contributed by atoms with Crippen molar-refractivity contribution < 1.29 is 27.8 Å². The Hall–Kier alpha value is -3.26. The van der Waals surface area contributed by atoms with Crippen LogP contribution in [0.25, 0.3) is 5.70 Å². The number of carboxylic acids is 1. The van der Waals surface area contributed by atoms with E-state index in [4.69, 9.17) is 9.84 Å². The molecule has 0 aliphatic carbocycles. The third-order valence-corrected chi connectivity index (χ3v) is 6.26. The first-order valence-electron chi connectivity index (χ1n) is 11.2. The second-order valence-electron chi connectivity index (χ2n) is 8.68. The summed E-state index contributed by atoms with van der Waals surface area (Å²) in [5.74, 6) is -0.197. The Labute approximate surface area is 196 Å². The number of fused-ring (bicyclic) bond motifs is 1. The first-order valence-corrected chi connectivity index (χ1v) is 11.2. The van der Waals surface area contributed by atoms with Crippen LogP contribution in [0.3, 0.4) is 0 Å². The molecular weight excluding hydrogens is 445 g/mol. The van der Waals surface area contributed by atoms with E-state index < -0.39 is 17.7 Å². The minimum absolute atomic E-state index is 0.0581. The molecule has 2 heterocycles. The maximum atomic E-state index is 13.0. The summed E-state index contributed by atoms with van der Waals surface area (Å²) in [6.45, 7) is 3.98. The van der Waals surface area contributed by atoms with E-state index in [0.29, 0.717) is 17.9 Å². The highest BCUT2D eigenvalue weighted by Gasteiger charge is 2.31. The molecule has 2 aromatic carbocycles. The van der Waals surface area contributed by atoms with E-state index in [1.165, 1.54) is 11.6 Å². The van der Waals surface area contributed by atoms with Gasteiger partial charge in [-0.25, -0.2) is 0 Å². The first kappa shape index (κ1) is 23.9. The van der Waals surface area contributed by atoms with Crippen LogP contribution in [0.5, 0.6) is 5.75 Å². The van der Waals surface area contributed by atoms with Crippen molar-refractivity contribution in [1.82, 2.24) is 10.2 Å². The summed E-state index contributed by atoms with van der Waals surface area (Å²) < 4.78 is 44.7. The highest BCUT2D eigenvalue weighted by Crippen LogP contribution is 2.31. The molecule has 1 fully saturated rings. The summed E-state index contributed by atoms with van der Waals surface area (Å²) in [6.07, 6.45) is 0.793. The van der Waals surface area contributed by atoms with Crippen LogP contribution in [0.2, 0.25) is 0 Å². The van der Waals surface area contributed by atoms with Crippen molar-refractivity contribution in [1.29, 1.82) is 0 Å². The van der Waals surface area contributed by atoms with Gasteiger partial charge in [-0.15, -0.1) is 0 Å². The minimum Gasteiger partial charge on any atom is -0.489 e. The number of likely N-dealkylation sites (tertiary alicyclic amines) is 1. The molecule has 2 N–H and O–H groups in total. The number of hydrogen-bond acceptors (Lipinski definition) is 4. The maximum Gasteiger partial charge on any atom is 0.416 e. The number of ether oxygens (including phenoxy) is 1. The van der Waals surface area contributed by atoms with Gasteiger partial charge in [0.05, 0.1) is 18.0 Å². The molecule has 1 atom stereocenters. The molecule has 0 saturated carbocycles. The Morgan fingerprint density at radius 3 is 2.65 bits per heavy atom. The fraction of sp³-hybridized carbons (Fsp3) is 0.346. The molecule has 180 valence electrons. The van der Waals surface area contributed by atoms with Crippen molar-refractivity contribution in [3.63, 3.8) is 0 Å². The second-order valence-corrected chi connectivity index (χ2v) is 8.68. The highest BCUT2D eigenvalue weighted by molar-refractivity contribution is 5.69. The fourth-order valence-electron chi connectivity index (χ4n) is 4.22. The van der Waals surface area contributed by atoms with Crippen LogP contribution < -0.4 is 10.1 Å². The van der Waals surface area contributed by atoms with Gasteiger partial charge in [-0.1, -0.05) is 12.1 Å². The third-order valence-electron chi connectivity index (χ3n) is 6.26. The Balaban J connectivity index is 1.38. The summed E-state index contributed by atoms with van der Waals surface area (Å²) in [5, 5.41) is 12.5. The standard InChI is InChI=1S/C26H27F3N2O3/c1-17-2-6-21(26(27,28)29)14-20(17)16-34-22-7-3-18(4-8-22)23-9-5-19-15-31(13-11-25(32)33)12-10-24(19)30-23/h2-9,14,24,30H,10-13,15-16H2,1H3,(H,32,33). The largest absolute Gasteiger partial charge is 0.489 e. The molecule has 8 heteroatoms. The zero-order chi connectivity index (χ0) is 24.3. The number of piperidine rings is 1. The summed E-state index contributed by atoms with van der Waals surface area (Å²) >= 11 is 0. The van der Waals surface area contributed by atoms with Crippen molar-refractivity contribution in [2.24, 2.45) is 0 Å². The number of hydrogen-bond donors (Lipinski definition) is 2. The number of alkyl halides is 3. The summed E-state index contributed by atoms with van der Waals surface area (Å²) in [5.41, 5.74) is 3.80. The molecule has 34 heavy (non-hydrogen) atoms. The van der Waals surface area contributed by atoms with Crippen LogP contribution in [0.1, 0.15) is 35.1 Å². The van der Waals surface area contributed by atoms with Crippen LogP contribution in [0.4, 0.5) is 13.2 Å². The van der Waals surface area contributed by atoms with E-state index >= 15 is 0 Å². The molecule has 2 aromatic rings. The molecular formula is C26H27F3N2O3. The smallest absolute Gasteiger partial charge is 0.416 e. The molecule has 2 aliphatic rings. The monoisotopic (exact) mass is 472 g/mol. The van der Waals surface area contributed by atoms with Crippen molar-refractivity contribution in [2.45, 2.75) is 38.6 Å². The molecule has 5 nitrogen and oxygen atoms in total. The molecule has 0 aromatic heterocycles. The van der Waals surface area contributed by atoms with Gasteiger partial charge in [-0.05, 0) is 78.1 Å². The molecule has 4 rings (SSSR count). The van der Waals surface area contributed by atoms with Crippen LogP contribution in [0, 0.1) is 6.92 Å². The number of aliphatic carboxylic acids is 1. The lowest BCUT2D eigenvalue weighted by Crippen LogP contribution is -2.45. The van der Waals surface area contributed by atoms with Crippen molar-refractivity contribution in [2.75, 3.05) is 19.6 Å². The molecule has 1 saturated heterocycles. The fourth-order valence-corrected chi connectivity index (χ4v) is 4.22. The zero-order valence-electron chi connectivity index (χ0n) is 18.9. The van der Waals surface area contributed by atoms with Gasteiger partial charge in [0.2, 0.25) is 0 Å². The van der Waals surface area contributed by atoms with E-state index in [-0.39, 0.29) is 19.1 Å². The van der Waals surface area contributed by atoms with Gasteiger partial charge in [-0.3, -0.25) is 9.69 Å². The van der Waals surface area contributed by atoms with Gasteiger partial charge < -0.3 is 15.2 Å². The number of allylic oxidation sites excluding steroid dienone is 2. The number of carbonyl (C=O) groups is 1. The SMILES string of the molecule is Cc1ccc(C(F)(F)F)cc1COc1ccc(C2=CC=C3CN(CCC(=O)O)CCC3N2)cc1. The number of halogens is 3. The van der Waals surface area contributed by atoms with Gasteiger partial charge in [-0.2, -0.15) is 13.2 Å². The molecule has 0 spiro atoms. The lowest BCUT2D eigenvalue weighted by molar-refractivity contribution is -0.138. The minimum atomic E-state index is -4.38. The Kier molecular flexibility index (Phi) is 6.97. The molecule has 0 radical (unpaired) electrons. The van der Waals surface area contributed by atoms with Crippen LogP contribution in [0.15, 0.2) is 60.2 Å². The number of dihydropyridines is 1. The summed E-state index contributed by atoms with van der Waals surface area (Å²) in [4.78, 5) is 13.0. The molecule has 1 unspecified atom stereocenters. The average Bonchev–Trinajstić information content (AvgIpc) is 2.81. The van der Waals surface area contributed by atoms with E-state index in [2.05, 4.69) is 16.3 Å². The molecule has 0 amide bonds. The van der Waals surface area contributed by atoms with Crippen LogP contribution in [-0.2, 0) is 17.6 Å². The number of aryl methyl sites for hydroxylation is 1. The average molecular weight is 473 g/mol. The number of benzene rings is 2. The third kappa shape index (κ3) is 5.80. The maximum absolute atomic E-state index is 13.0. The summed E-state index contributed by atoms with van der Waals surface area (Å²) in [7, 11) is 0. The zero-order valence-corrected chi connectivity index (χ0v) is 18.9. The normalized spacial score (nSPS) is 18.4. The predicted molar refractivity (Wildman–Crippen MR) is 123 cm³/mol. The number of rotatable bonds is 7. The van der Waals surface area contributed by atoms with Gasteiger partial charge in [0.15, 0.2) is 0 Å². The van der Waals surface area contributed by atoms with Gasteiger partial charge in [0.1, 0.15) is 12.4 Å². The number of nitrogens with one attached hydrogen (secondary N) is 1.